The van der Waals surface area contributed by atoms with Crippen LogP contribution in [0.4, 0.5) is 22.5 Å². The molecule has 6 rings (SSSR count). The van der Waals surface area contributed by atoms with Crippen LogP contribution in [0.15, 0.2) is 35.1 Å². The van der Waals surface area contributed by atoms with Crippen molar-refractivity contribution in [1.82, 2.24) is 19.9 Å². The van der Waals surface area contributed by atoms with E-state index in [0.29, 0.717) is 48.3 Å². The van der Waals surface area contributed by atoms with Gasteiger partial charge in [0.2, 0.25) is 5.89 Å². The normalized spacial score (nSPS) is 17.9. The van der Waals surface area contributed by atoms with Gasteiger partial charge in [0, 0.05) is 37.9 Å². The number of nitrogen functional groups attached to an aromatic ring is 1. The lowest BCUT2D eigenvalue weighted by molar-refractivity contribution is 0.102. The van der Waals surface area contributed by atoms with Crippen molar-refractivity contribution >= 4 is 62.5 Å². The highest BCUT2D eigenvalue weighted by atomic mass is 35.5. The molecule has 4 aromatic rings. The molecular formula is C24H27ClN8O4S. The molecule has 1 atom stereocenters. The summed E-state index contributed by atoms with van der Waals surface area (Å²) >= 11 is 1.53. The van der Waals surface area contributed by atoms with Crippen LogP contribution in [-0.2, 0) is 4.74 Å². The summed E-state index contributed by atoms with van der Waals surface area (Å²) in [7, 11) is 0. The van der Waals surface area contributed by atoms with Crippen molar-refractivity contribution in [2.75, 3.05) is 60.2 Å². The topological polar surface area (TPSA) is 156 Å². The van der Waals surface area contributed by atoms with Gasteiger partial charge in [-0.25, -0.2) is 15.0 Å². The number of piperidine rings is 1. The number of hydrogen-bond acceptors (Lipinski definition) is 12. The number of hydrogen-bond donors (Lipinski definition) is 3. The zero-order valence-corrected chi connectivity index (χ0v) is 22.0. The maximum Gasteiger partial charge on any atom is 0.277 e. The van der Waals surface area contributed by atoms with E-state index in [4.69, 9.17) is 24.9 Å². The summed E-state index contributed by atoms with van der Waals surface area (Å²) in [4.78, 5) is 35.3. The van der Waals surface area contributed by atoms with Crippen molar-refractivity contribution in [2.24, 2.45) is 0 Å². The smallest absolute Gasteiger partial charge is 0.277 e. The third kappa shape index (κ3) is 5.36. The molecule has 1 amide bonds. The molecule has 2 aliphatic rings. The second-order valence-corrected chi connectivity index (χ2v) is 9.99. The minimum Gasteiger partial charge on any atom is -0.444 e. The monoisotopic (exact) mass is 558 g/mol. The van der Waals surface area contributed by atoms with Gasteiger partial charge in [-0.1, -0.05) is 11.3 Å². The van der Waals surface area contributed by atoms with Gasteiger partial charge in [-0.05, 0) is 31.0 Å². The molecule has 2 fully saturated rings. The first-order chi connectivity index (χ1) is 18.0. The number of pyridine rings is 2. The van der Waals surface area contributed by atoms with Gasteiger partial charge < -0.3 is 35.1 Å². The molecule has 12 nitrogen and oxygen atoms in total. The molecule has 0 aliphatic carbocycles. The first-order valence-electron chi connectivity index (χ1n) is 12.1. The van der Waals surface area contributed by atoms with Gasteiger partial charge in [-0.15, -0.1) is 12.4 Å². The number of carbonyl (C=O) groups is 1. The summed E-state index contributed by atoms with van der Waals surface area (Å²) in [6.45, 7) is 4.01. The second kappa shape index (κ2) is 11.1. The Kier molecular flexibility index (Phi) is 7.61. The van der Waals surface area contributed by atoms with Gasteiger partial charge in [0.1, 0.15) is 12.1 Å². The SMILES string of the molecule is Cl.Nc1cc(-c2nc(C(=O)Nc3cc4sc(N5CCOCC5)nc4nc3N3CCCC(O)C3)co2)ccn1. The number of nitrogens with zero attached hydrogens (tertiary/aromatic N) is 6. The third-order valence-corrected chi connectivity index (χ3v) is 7.39. The average molecular weight is 559 g/mol. The molecule has 6 heterocycles. The lowest BCUT2D eigenvalue weighted by Gasteiger charge is -2.32. The Bertz CT molecular complexity index is 1440. The third-order valence-electron chi connectivity index (χ3n) is 6.34. The van der Waals surface area contributed by atoms with Crippen LogP contribution in [0.1, 0.15) is 23.3 Å². The van der Waals surface area contributed by atoms with Crippen molar-refractivity contribution in [3.05, 3.63) is 36.4 Å². The molecule has 0 saturated carbocycles. The van der Waals surface area contributed by atoms with Crippen molar-refractivity contribution in [3.8, 4) is 11.5 Å². The van der Waals surface area contributed by atoms with Crippen LogP contribution >= 0.6 is 23.7 Å². The fraction of sp³-hybridized carbons (Fsp3) is 0.375. The molecule has 4 aromatic heterocycles. The summed E-state index contributed by atoms with van der Waals surface area (Å²) in [6, 6.07) is 5.22. The van der Waals surface area contributed by atoms with Gasteiger partial charge in [0.05, 0.1) is 29.7 Å². The number of aliphatic hydroxyl groups is 1. The number of amides is 1. The first kappa shape index (κ1) is 26.1. The van der Waals surface area contributed by atoms with E-state index in [2.05, 4.69) is 20.2 Å². The number of anilines is 4. The number of carbonyl (C=O) groups excluding carboxylic acids is 1. The molecule has 2 saturated heterocycles. The first-order valence-corrected chi connectivity index (χ1v) is 12.9. The van der Waals surface area contributed by atoms with Gasteiger partial charge >= 0.3 is 0 Å². The van der Waals surface area contributed by atoms with Crippen LogP contribution in [0.3, 0.4) is 0 Å². The summed E-state index contributed by atoms with van der Waals surface area (Å²) in [6.07, 6.45) is 3.96. The fourth-order valence-corrected chi connectivity index (χ4v) is 5.49. The molecule has 200 valence electrons. The highest BCUT2D eigenvalue weighted by molar-refractivity contribution is 7.22. The van der Waals surface area contributed by atoms with Crippen LogP contribution in [0, 0.1) is 0 Å². The second-order valence-electron chi connectivity index (χ2n) is 8.98. The van der Waals surface area contributed by atoms with E-state index in [0.717, 1.165) is 42.3 Å². The maximum atomic E-state index is 13.2. The molecule has 0 aromatic carbocycles. The van der Waals surface area contributed by atoms with Crippen molar-refractivity contribution < 1.29 is 19.1 Å². The summed E-state index contributed by atoms with van der Waals surface area (Å²) < 4.78 is 11.8. The van der Waals surface area contributed by atoms with E-state index in [1.54, 1.807) is 18.3 Å². The molecule has 2 aliphatic heterocycles. The molecule has 0 spiro atoms. The number of fused-ring (bicyclic) bond motifs is 1. The minimum atomic E-state index is -0.458. The van der Waals surface area contributed by atoms with E-state index >= 15 is 0 Å². The van der Waals surface area contributed by atoms with E-state index in [-0.39, 0.29) is 24.0 Å². The zero-order valence-electron chi connectivity index (χ0n) is 20.4. The molecule has 38 heavy (non-hydrogen) atoms. The molecule has 14 heteroatoms. The maximum absolute atomic E-state index is 13.2. The Labute approximate surface area is 228 Å². The minimum absolute atomic E-state index is 0. The van der Waals surface area contributed by atoms with Gasteiger partial charge in [-0.2, -0.15) is 4.98 Å². The Morgan fingerprint density at radius 3 is 2.79 bits per heavy atom. The van der Waals surface area contributed by atoms with Crippen molar-refractivity contribution in [1.29, 1.82) is 0 Å². The number of halogens is 1. The number of aliphatic hydroxyl groups excluding tert-OH is 1. The Hall–Kier alpha value is -3.52. The number of nitrogens with two attached hydrogens (primary N) is 1. The van der Waals surface area contributed by atoms with E-state index < -0.39 is 12.0 Å². The number of ether oxygens (including phenoxy) is 1. The highest BCUT2D eigenvalue weighted by Crippen LogP contribution is 2.36. The Morgan fingerprint density at radius 1 is 1.16 bits per heavy atom. The zero-order chi connectivity index (χ0) is 25.4. The number of thiazole rings is 1. The number of nitrogens with one attached hydrogen (secondary N) is 1. The molecule has 4 N–H and O–H groups in total. The average Bonchev–Trinajstić information content (AvgIpc) is 3.56. The van der Waals surface area contributed by atoms with E-state index in [1.165, 1.54) is 17.6 Å². The predicted octanol–water partition coefficient (Wildman–Crippen LogP) is 2.80. The molecule has 0 radical (unpaired) electrons. The standard InChI is InChI=1S/C24H26N8O4S.ClH/c25-19-10-14(3-4-26-19)23-28-17(13-36-23)22(34)27-16-11-18-20(29-21(16)32-5-1-2-15(33)12-32)30-24(37-18)31-6-8-35-9-7-31;/h3-4,10-11,13,15,33H,1-2,5-9,12H2,(H2,25,26)(H,27,34);1H. The number of oxazole rings is 1. The van der Waals surface area contributed by atoms with Gasteiger partial charge in [-0.3, -0.25) is 4.79 Å². The summed E-state index contributed by atoms with van der Waals surface area (Å²) in [5, 5.41) is 14.1. The lowest BCUT2D eigenvalue weighted by Crippen LogP contribution is -2.39. The number of rotatable bonds is 5. The van der Waals surface area contributed by atoms with Gasteiger partial charge in [0.15, 0.2) is 22.3 Å². The van der Waals surface area contributed by atoms with Crippen LogP contribution in [0.25, 0.3) is 21.8 Å². The van der Waals surface area contributed by atoms with Crippen LogP contribution in [0.2, 0.25) is 0 Å². The fourth-order valence-electron chi connectivity index (χ4n) is 4.49. The predicted molar refractivity (Wildman–Crippen MR) is 147 cm³/mol. The highest BCUT2D eigenvalue weighted by Gasteiger charge is 2.25. The van der Waals surface area contributed by atoms with Crippen LogP contribution in [-0.4, -0.2) is 76.4 Å². The quantitative estimate of drug-likeness (QED) is 0.331. The Morgan fingerprint density at radius 2 is 2.00 bits per heavy atom. The number of morpholine rings is 1. The molecule has 0 bridgehead atoms. The van der Waals surface area contributed by atoms with Crippen LogP contribution in [0.5, 0.6) is 0 Å². The molecular weight excluding hydrogens is 532 g/mol. The number of aromatic nitrogens is 4. The largest absolute Gasteiger partial charge is 0.444 e. The van der Waals surface area contributed by atoms with Crippen molar-refractivity contribution in [3.63, 3.8) is 0 Å². The molecule has 1 unspecified atom stereocenters. The van der Waals surface area contributed by atoms with Crippen molar-refractivity contribution in [2.45, 2.75) is 18.9 Å². The van der Waals surface area contributed by atoms with E-state index in [1.807, 2.05) is 11.0 Å². The Balaban J connectivity index is 0.00000294. The summed E-state index contributed by atoms with van der Waals surface area (Å²) in [5.74, 6) is 0.735. The van der Waals surface area contributed by atoms with Gasteiger partial charge in [0.25, 0.3) is 5.91 Å². The van der Waals surface area contributed by atoms with Crippen LogP contribution < -0.4 is 20.9 Å². The number of β-amino-alcohol motifs (C(OH)–C–C–N with tert-alkyl or cyclic N) is 1. The van der Waals surface area contributed by atoms with E-state index in [9.17, 15) is 9.90 Å². The summed E-state index contributed by atoms with van der Waals surface area (Å²) in [5.41, 5.74) is 7.64. The lowest BCUT2D eigenvalue weighted by atomic mass is 10.1.